The Kier molecular flexibility index (Phi) is 9.39. The Hall–Kier alpha value is -3.44. The van der Waals surface area contributed by atoms with Crippen molar-refractivity contribution >= 4 is 17.8 Å². The van der Waals surface area contributed by atoms with Gasteiger partial charge in [0.25, 0.3) is 0 Å². The molecule has 8 nitrogen and oxygen atoms in total. The molecule has 1 aliphatic carbocycles. The minimum Gasteiger partial charge on any atom is -0.479 e. The van der Waals surface area contributed by atoms with Crippen molar-refractivity contribution in [1.29, 1.82) is 0 Å². The molecule has 4 rings (SSSR count). The van der Waals surface area contributed by atoms with E-state index >= 15 is 0 Å². The van der Waals surface area contributed by atoms with Gasteiger partial charge in [-0.3, -0.25) is 4.79 Å². The maximum atomic E-state index is 13.3. The van der Waals surface area contributed by atoms with Gasteiger partial charge >= 0.3 is 18.1 Å². The van der Waals surface area contributed by atoms with E-state index in [0.29, 0.717) is 12.8 Å². The van der Waals surface area contributed by atoms with Gasteiger partial charge in [-0.2, -0.15) is 13.2 Å². The summed E-state index contributed by atoms with van der Waals surface area (Å²) in [5.74, 6) is -4.50. The largest absolute Gasteiger partial charge is 0.490 e. The highest BCUT2D eigenvalue weighted by Gasteiger charge is 2.74. The van der Waals surface area contributed by atoms with E-state index in [1.165, 1.54) is 0 Å². The molecule has 11 heteroatoms. The molecular formula is C28H33F3N2O6. The number of aliphatic carboxylic acids is 2. The van der Waals surface area contributed by atoms with Crippen molar-refractivity contribution in [1.82, 2.24) is 10.6 Å². The minimum atomic E-state index is -5.08. The van der Waals surface area contributed by atoms with Crippen molar-refractivity contribution < 1.29 is 42.5 Å². The van der Waals surface area contributed by atoms with Gasteiger partial charge in [0, 0.05) is 18.6 Å². The van der Waals surface area contributed by atoms with Crippen LogP contribution in [0.5, 0.6) is 0 Å². The summed E-state index contributed by atoms with van der Waals surface area (Å²) >= 11 is 0. The van der Waals surface area contributed by atoms with Gasteiger partial charge in [-0.25, -0.2) is 9.59 Å². The van der Waals surface area contributed by atoms with Crippen molar-refractivity contribution in [3.8, 4) is 0 Å². The van der Waals surface area contributed by atoms with Gasteiger partial charge in [0.15, 0.2) is 0 Å². The van der Waals surface area contributed by atoms with Gasteiger partial charge in [0.1, 0.15) is 5.54 Å². The molecule has 1 saturated carbocycles. The third kappa shape index (κ3) is 6.59. The van der Waals surface area contributed by atoms with Crippen LogP contribution in [0, 0.1) is 5.92 Å². The first-order valence-electron chi connectivity index (χ1n) is 12.6. The predicted octanol–water partition coefficient (Wildman–Crippen LogP) is 3.55. The first kappa shape index (κ1) is 30.1. The highest BCUT2D eigenvalue weighted by atomic mass is 19.4. The van der Waals surface area contributed by atoms with E-state index in [1.807, 2.05) is 67.6 Å². The summed E-state index contributed by atoms with van der Waals surface area (Å²) in [7, 11) is 1.61. The van der Waals surface area contributed by atoms with Crippen molar-refractivity contribution in [3.63, 3.8) is 0 Å². The van der Waals surface area contributed by atoms with Crippen LogP contribution in [-0.2, 0) is 31.0 Å². The Labute approximate surface area is 224 Å². The molecule has 39 heavy (non-hydrogen) atoms. The van der Waals surface area contributed by atoms with Crippen LogP contribution >= 0.6 is 0 Å². The second-order valence-electron chi connectivity index (χ2n) is 9.98. The summed E-state index contributed by atoms with van der Waals surface area (Å²) in [5.41, 5.74) is -0.0752. The topological polar surface area (TPSA) is 125 Å². The quantitative estimate of drug-likeness (QED) is 0.376. The van der Waals surface area contributed by atoms with Crippen LogP contribution in [0.2, 0.25) is 0 Å². The molecule has 5 atom stereocenters. The number of nitrogens with one attached hydrogen (secondary N) is 2. The maximum absolute atomic E-state index is 13.3. The van der Waals surface area contributed by atoms with Gasteiger partial charge in [0.2, 0.25) is 5.91 Å². The third-order valence-corrected chi connectivity index (χ3v) is 7.55. The lowest BCUT2D eigenvalue weighted by atomic mass is 9.84. The van der Waals surface area contributed by atoms with Gasteiger partial charge in [0.05, 0.1) is 12.0 Å². The van der Waals surface area contributed by atoms with E-state index in [1.54, 1.807) is 7.11 Å². The van der Waals surface area contributed by atoms with Crippen molar-refractivity contribution in [2.24, 2.45) is 5.92 Å². The summed E-state index contributed by atoms with van der Waals surface area (Å²) in [6, 6.07) is 19.7. The number of benzene rings is 2. The molecular weight excluding hydrogens is 517 g/mol. The average molecular weight is 551 g/mol. The standard InChI is InChI=1S/C26H32N2O4.C2HF3O2/c1-18(22(32-2)21-14-9-15-27-21)23(29)28-26(24(30)31)17-25(26,20-12-7-4-8-13-20)16-19-10-5-3-6-11-19;3-2(4,5)1(6)7/h3-8,10-13,18,21-22,27H,9,14-17H2,1-2H3,(H,28,29)(H,30,31);(H,6,7)/t18-,21+,22-,25-,26-;/m1./s1. The van der Waals surface area contributed by atoms with Gasteiger partial charge in [-0.05, 0) is 43.4 Å². The number of carboxylic acids is 2. The minimum absolute atomic E-state index is 0.101. The fourth-order valence-corrected chi connectivity index (χ4v) is 5.45. The van der Waals surface area contributed by atoms with Crippen molar-refractivity contribution in [2.75, 3.05) is 13.7 Å². The number of carbonyl (C=O) groups is 3. The van der Waals surface area contributed by atoms with E-state index in [0.717, 1.165) is 30.5 Å². The number of carboxylic acid groups (broad SMARTS) is 2. The van der Waals surface area contributed by atoms with E-state index in [-0.39, 0.29) is 18.1 Å². The Morgan fingerprint density at radius 2 is 1.64 bits per heavy atom. The zero-order valence-corrected chi connectivity index (χ0v) is 21.7. The molecule has 2 aliphatic rings. The summed E-state index contributed by atoms with van der Waals surface area (Å²) in [4.78, 5) is 34.9. The molecule has 2 aromatic rings. The zero-order valence-electron chi connectivity index (χ0n) is 21.7. The SMILES string of the molecule is CO[C@@H]([C@@H]1CCCN1)[C@@H](C)C(=O)N[C@@]1(C(=O)O)C[C@]1(Cc1ccccc1)c1ccccc1.O=C(O)C(F)(F)F. The lowest BCUT2D eigenvalue weighted by molar-refractivity contribution is -0.192. The number of carbonyl (C=O) groups excluding carboxylic acids is 1. The molecule has 0 radical (unpaired) electrons. The number of halogens is 3. The number of ether oxygens (including phenoxy) is 1. The molecule has 1 aliphatic heterocycles. The van der Waals surface area contributed by atoms with Crippen LogP contribution in [0.3, 0.4) is 0 Å². The van der Waals surface area contributed by atoms with Crippen molar-refractivity contribution in [3.05, 3.63) is 71.8 Å². The highest BCUT2D eigenvalue weighted by Crippen LogP contribution is 2.60. The van der Waals surface area contributed by atoms with E-state index in [9.17, 15) is 27.9 Å². The number of hydrogen-bond acceptors (Lipinski definition) is 5. The first-order chi connectivity index (χ1) is 18.4. The second kappa shape index (κ2) is 12.2. The van der Waals surface area contributed by atoms with Gasteiger partial charge in [-0.1, -0.05) is 67.6 Å². The fraction of sp³-hybridized carbons (Fsp3) is 0.464. The maximum Gasteiger partial charge on any atom is 0.490 e. The monoisotopic (exact) mass is 550 g/mol. The molecule has 0 unspecified atom stereocenters. The molecule has 1 saturated heterocycles. The highest BCUT2D eigenvalue weighted by molar-refractivity contribution is 5.94. The Morgan fingerprint density at radius 1 is 1.08 bits per heavy atom. The van der Waals surface area contributed by atoms with Gasteiger partial charge in [-0.15, -0.1) is 0 Å². The van der Waals surface area contributed by atoms with Crippen LogP contribution in [0.25, 0.3) is 0 Å². The molecule has 2 fully saturated rings. The molecule has 0 spiro atoms. The smallest absolute Gasteiger partial charge is 0.479 e. The number of methoxy groups -OCH3 is 1. The summed E-state index contributed by atoms with van der Waals surface area (Å²) < 4.78 is 37.4. The summed E-state index contributed by atoms with van der Waals surface area (Å²) in [6.07, 6.45) is -2.50. The average Bonchev–Trinajstić information content (AvgIpc) is 3.24. The molecule has 1 heterocycles. The normalized spacial score (nSPS) is 25.5. The predicted molar refractivity (Wildman–Crippen MR) is 136 cm³/mol. The third-order valence-electron chi connectivity index (χ3n) is 7.55. The molecule has 212 valence electrons. The molecule has 0 aromatic heterocycles. The number of hydrogen-bond donors (Lipinski definition) is 4. The van der Waals surface area contributed by atoms with Crippen LogP contribution in [0.1, 0.15) is 37.3 Å². The van der Waals surface area contributed by atoms with E-state index in [2.05, 4.69) is 10.6 Å². The number of amides is 1. The first-order valence-corrected chi connectivity index (χ1v) is 12.6. The number of rotatable bonds is 9. The van der Waals surface area contributed by atoms with Crippen LogP contribution in [0.15, 0.2) is 60.7 Å². The molecule has 0 bridgehead atoms. The van der Waals surface area contributed by atoms with Crippen LogP contribution in [-0.4, -0.2) is 65.6 Å². The van der Waals surface area contributed by atoms with Crippen LogP contribution in [0.4, 0.5) is 13.2 Å². The van der Waals surface area contributed by atoms with Crippen LogP contribution < -0.4 is 10.6 Å². The zero-order chi connectivity index (χ0) is 28.8. The fourth-order valence-electron chi connectivity index (χ4n) is 5.45. The Morgan fingerprint density at radius 3 is 2.10 bits per heavy atom. The van der Waals surface area contributed by atoms with E-state index < -0.39 is 35.0 Å². The summed E-state index contributed by atoms with van der Waals surface area (Å²) in [5, 5.41) is 23.8. The number of alkyl halides is 3. The van der Waals surface area contributed by atoms with Crippen molar-refractivity contribution in [2.45, 2.75) is 61.9 Å². The molecule has 2 aromatic carbocycles. The molecule has 4 N–H and O–H groups in total. The second-order valence-corrected chi connectivity index (χ2v) is 9.98. The Balaban J connectivity index is 0.000000532. The molecule has 1 amide bonds. The Bertz CT molecular complexity index is 1140. The van der Waals surface area contributed by atoms with E-state index in [4.69, 9.17) is 14.6 Å². The lowest BCUT2D eigenvalue weighted by Gasteiger charge is -2.30. The van der Waals surface area contributed by atoms with Gasteiger partial charge < -0.3 is 25.6 Å². The lowest BCUT2D eigenvalue weighted by Crippen LogP contribution is -2.54. The summed E-state index contributed by atoms with van der Waals surface area (Å²) in [6.45, 7) is 2.73.